The number of alkyl halides is 3. The van der Waals surface area contributed by atoms with E-state index in [1.54, 1.807) is 0 Å². The molecule has 0 heterocycles. The molecule has 0 spiro atoms. The Labute approximate surface area is 120 Å². The molecule has 0 aromatic heterocycles. The van der Waals surface area contributed by atoms with Gasteiger partial charge >= 0.3 is 6.18 Å². The number of hydrogen-bond donors (Lipinski definition) is 2. The first-order valence-corrected chi connectivity index (χ1v) is 6.39. The molecule has 0 aliphatic heterocycles. The van der Waals surface area contributed by atoms with E-state index in [-0.39, 0.29) is 17.3 Å². The van der Waals surface area contributed by atoms with Gasteiger partial charge in [-0.3, -0.25) is 4.79 Å². The summed E-state index contributed by atoms with van der Waals surface area (Å²) in [5.41, 5.74) is 5.20. The van der Waals surface area contributed by atoms with E-state index in [4.69, 9.17) is 18.0 Å². The lowest BCUT2D eigenvalue weighted by atomic mass is 10.1. The molecule has 7 heteroatoms. The molecule has 0 saturated heterocycles. The van der Waals surface area contributed by atoms with E-state index in [1.165, 1.54) is 12.1 Å². The second kappa shape index (κ2) is 6.69. The molecule has 110 valence electrons. The minimum atomic E-state index is -4.38. The number of nitrogens with two attached hydrogens (primary N) is 1. The molecule has 0 bridgehead atoms. The smallest absolute Gasteiger partial charge is 0.392 e. The van der Waals surface area contributed by atoms with Crippen LogP contribution in [0.25, 0.3) is 0 Å². The molecule has 0 aliphatic rings. The number of hydrogen-bond acceptors (Lipinski definition) is 2. The van der Waals surface area contributed by atoms with Crippen molar-refractivity contribution in [2.24, 2.45) is 5.73 Å². The molecular formula is C13H15F3N2OS. The van der Waals surface area contributed by atoms with Gasteiger partial charge in [0.25, 0.3) is 0 Å². The molecular weight excluding hydrogens is 289 g/mol. The van der Waals surface area contributed by atoms with Crippen LogP contribution in [0.4, 0.5) is 13.2 Å². The number of carbonyl (C=O) groups is 1. The van der Waals surface area contributed by atoms with E-state index in [1.807, 2.05) is 6.92 Å². The van der Waals surface area contributed by atoms with Crippen molar-refractivity contribution < 1.29 is 18.0 Å². The summed E-state index contributed by atoms with van der Waals surface area (Å²) in [6.07, 6.45) is -3.83. The highest BCUT2D eigenvalue weighted by atomic mass is 32.1. The maximum absolute atomic E-state index is 12.4. The molecule has 20 heavy (non-hydrogen) atoms. The van der Waals surface area contributed by atoms with E-state index >= 15 is 0 Å². The standard InChI is InChI=1S/C13H15F3N2OS/c1-2-10(12(17)20)18-11(19)7-8-3-5-9(6-4-8)13(14,15)16/h3-6,10H,2,7H2,1H3,(H2,17,20)(H,18,19). The highest BCUT2D eigenvalue weighted by molar-refractivity contribution is 7.80. The topological polar surface area (TPSA) is 55.1 Å². The lowest BCUT2D eigenvalue weighted by molar-refractivity contribution is -0.137. The Balaban J connectivity index is 2.65. The van der Waals surface area contributed by atoms with Crippen LogP contribution in [0.15, 0.2) is 24.3 Å². The summed E-state index contributed by atoms with van der Waals surface area (Å²) in [7, 11) is 0. The molecule has 1 rings (SSSR count). The summed E-state index contributed by atoms with van der Waals surface area (Å²) in [5, 5.41) is 2.63. The molecule has 0 radical (unpaired) electrons. The van der Waals surface area contributed by atoms with Gasteiger partial charge in [0.15, 0.2) is 0 Å². The van der Waals surface area contributed by atoms with Crippen molar-refractivity contribution in [1.29, 1.82) is 0 Å². The number of nitrogens with one attached hydrogen (secondary N) is 1. The molecule has 1 unspecified atom stereocenters. The molecule has 3 N–H and O–H groups in total. The minimum Gasteiger partial charge on any atom is -0.392 e. The fourth-order valence-electron chi connectivity index (χ4n) is 1.62. The van der Waals surface area contributed by atoms with Crippen LogP contribution in [-0.4, -0.2) is 16.9 Å². The van der Waals surface area contributed by atoms with Crippen molar-refractivity contribution in [3.05, 3.63) is 35.4 Å². The zero-order chi connectivity index (χ0) is 15.3. The number of benzene rings is 1. The quantitative estimate of drug-likeness (QED) is 0.822. The van der Waals surface area contributed by atoms with E-state index in [0.29, 0.717) is 12.0 Å². The number of halogens is 3. The normalized spacial score (nSPS) is 12.8. The van der Waals surface area contributed by atoms with Crippen molar-refractivity contribution in [2.45, 2.75) is 32.0 Å². The highest BCUT2D eigenvalue weighted by Crippen LogP contribution is 2.29. The zero-order valence-electron chi connectivity index (χ0n) is 10.8. The van der Waals surface area contributed by atoms with Crippen molar-refractivity contribution >= 4 is 23.1 Å². The van der Waals surface area contributed by atoms with Gasteiger partial charge in [0.05, 0.1) is 23.0 Å². The molecule has 1 aromatic rings. The van der Waals surface area contributed by atoms with Gasteiger partial charge in [0.1, 0.15) is 0 Å². The van der Waals surface area contributed by atoms with Crippen molar-refractivity contribution in [2.75, 3.05) is 0 Å². The number of rotatable bonds is 5. The third-order valence-electron chi connectivity index (χ3n) is 2.73. The highest BCUT2D eigenvalue weighted by Gasteiger charge is 2.29. The Bertz CT molecular complexity index is 485. The van der Waals surface area contributed by atoms with Crippen LogP contribution in [0, 0.1) is 0 Å². The largest absolute Gasteiger partial charge is 0.416 e. The molecule has 3 nitrogen and oxygen atoms in total. The van der Waals surface area contributed by atoms with Crippen LogP contribution in [0.5, 0.6) is 0 Å². The van der Waals surface area contributed by atoms with Crippen LogP contribution in [0.1, 0.15) is 24.5 Å². The first kappa shape index (κ1) is 16.4. The summed E-state index contributed by atoms with van der Waals surface area (Å²) in [6.45, 7) is 1.82. The first-order chi connectivity index (χ1) is 9.24. The SMILES string of the molecule is CCC(NC(=O)Cc1ccc(C(F)(F)F)cc1)C(N)=S. The molecule has 1 atom stereocenters. The van der Waals surface area contributed by atoms with Crippen LogP contribution in [-0.2, 0) is 17.4 Å². The van der Waals surface area contributed by atoms with Crippen LogP contribution >= 0.6 is 12.2 Å². The number of thiocarbonyl (C=S) groups is 1. The van der Waals surface area contributed by atoms with Gasteiger partial charge in [-0.2, -0.15) is 13.2 Å². The molecule has 0 saturated carbocycles. The Morgan fingerprint density at radius 1 is 1.35 bits per heavy atom. The van der Waals surface area contributed by atoms with E-state index in [2.05, 4.69) is 5.32 Å². The summed E-state index contributed by atoms with van der Waals surface area (Å²) in [5.74, 6) is -0.329. The van der Waals surface area contributed by atoms with Crippen molar-refractivity contribution in [3.8, 4) is 0 Å². The molecule has 1 amide bonds. The van der Waals surface area contributed by atoms with Gasteiger partial charge < -0.3 is 11.1 Å². The maximum Gasteiger partial charge on any atom is 0.416 e. The fraction of sp³-hybridized carbons (Fsp3) is 0.385. The fourth-order valence-corrected chi connectivity index (χ4v) is 1.84. The Kier molecular flexibility index (Phi) is 5.50. The predicted molar refractivity (Wildman–Crippen MR) is 74.2 cm³/mol. The van der Waals surface area contributed by atoms with Gasteiger partial charge in [0.2, 0.25) is 5.91 Å². The summed E-state index contributed by atoms with van der Waals surface area (Å²) >= 11 is 4.80. The Hall–Kier alpha value is -1.63. The van der Waals surface area contributed by atoms with E-state index in [0.717, 1.165) is 12.1 Å². The first-order valence-electron chi connectivity index (χ1n) is 5.99. The number of amides is 1. The number of carbonyl (C=O) groups excluding carboxylic acids is 1. The average molecular weight is 304 g/mol. The lowest BCUT2D eigenvalue weighted by Crippen LogP contribution is -2.43. The second-order valence-electron chi connectivity index (χ2n) is 4.30. The second-order valence-corrected chi connectivity index (χ2v) is 4.77. The lowest BCUT2D eigenvalue weighted by Gasteiger charge is -2.15. The van der Waals surface area contributed by atoms with Crippen molar-refractivity contribution in [3.63, 3.8) is 0 Å². The van der Waals surface area contributed by atoms with Gasteiger partial charge in [-0.1, -0.05) is 31.3 Å². The Morgan fingerprint density at radius 2 is 1.90 bits per heavy atom. The zero-order valence-corrected chi connectivity index (χ0v) is 11.6. The summed E-state index contributed by atoms with van der Waals surface area (Å²) in [4.78, 5) is 11.9. The van der Waals surface area contributed by atoms with Gasteiger partial charge in [-0.25, -0.2) is 0 Å². The summed E-state index contributed by atoms with van der Waals surface area (Å²) < 4.78 is 37.1. The summed E-state index contributed by atoms with van der Waals surface area (Å²) in [6, 6.07) is 4.07. The van der Waals surface area contributed by atoms with Gasteiger partial charge in [-0.05, 0) is 24.1 Å². The van der Waals surface area contributed by atoms with Crippen molar-refractivity contribution in [1.82, 2.24) is 5.32 Å². The van der Waals surface area contributed by atoms with Gasteiger partial charge in [-0.15, -0.1) is 0 Å². The molecule has 1 aromatic carbocycles. The minimum absolute atomic E-state index is 0.0166. The average Bonchev–Trinajstić information content (AvgIpc) is 2.35. The Morgan fingerprint density at radius 3 is 2.30 bits per heavy atom. The van der Waals surface area contributed by atoms with Crippen LogP contribution < -0.4 is 11.1 Å². The van der Waals surface area contributed by atoms with Gasteiger partial charge in [0, 0.05) is 0 Å². The maximum atomic E-state index is 12.4. The van der Waals surface area contributed by atoms with Crippen LogP contribution in [0.3, 0.4) is 0 Å². The predicted octanol–water partition coefficient (Wildman–Crippen LogP) is 2.43. The van der Waals surface area contributed by atoms with Crippen LogP contribution in [0.2, 0.25) is 0 Å². The monoisotopic (exact) mass is 304 g/mol. The molecule has 0 fully saturated rings. The van der Waals surface area contributed by atoms with E-state index < -0.39 is 17.8 Å². The third-order valence-corrected chi connectivity index (χ3v) is 3.02. The van der Waals surface area contributed by atoms with E-state index in [9.17, 15) is 18.0 Å². The third kappa shape index (κ3) is 4.80. The molecule has 0 aliphatic carbocycles.